The Morgan fingerprint density at radius 2 is 1.58 bits per heavy atom. The maximum absolute atomic E-state index is 12.8. The minimum atomic E-state index is -4.79. The molecule has 0 bridgehead atoms. The van der Waals surface area contributed by atoms with Gasteiger partial charge in [-0.2, -0.15) is 21.6 Å². The van der Waals surface area contributed by atoms with E-state index in [4.69, 9.17) is 16.3 Å². The molecule has 13 heteroatoms. The van der Waals surface area contributed by atoms with Gasteiger partial charge in [-0.15, -0.1) is 0 Å². The summed E-state index contributed by atoms with van der Waals surface area (Å²) >= 11 is 5.79. The second-order valence-electron chi connectivity index (χ2n) is 6.35. The number of ether oxygens (including phenoxy) is 1. The Hall–Kier alpha value is -2.28. The molecule has 0 aromatic heterocycles. The van der Waals surface area contributed by atoms with Crippen LogP contribution < -0.4 is 15.4 Å². The predicted molar refractivity (Wildman–Crippen MR) is 118 cm³/mol. The van der Waals surface area contributed by atoms with Crippen molar-refractivity contribution >= 4 is 68.7 Å². The summed E-state index contributed by atoms with van der Waals surface area (Å²) in [7, 11) is -4.79. The van der Waals surface area contributed by atoms with E-state index in [-0.39, 0.29) is 46.7 Å². The standard InChI is InChI=1S/C20H14ClF3N2O5S.Na/c21-13-4-6-15(7-5-13)31-16-8-9-17(18(11-16)32(28,29)30)26-19(27)25-14-3-1-2-12(10-14)20(22,23)24;/h1-11H,(H2,25,26,27)(H,28,29,30);. The number of nitrogens with one attached hydrogen (secondary N) is 2. The average Bonchev–Trinajstić information content (AvgIpc) is 2.69. The summed E-state index contributed by atoms with van der Waals surface area (Å²) in [6, 6.07) is 12.5. The Morgan fingerprint density at radius 3 is 2.18 bits per heavy atom. The molecule has 0 aliphatic rings. The molecule has 0 spiro atoms. The number of hydrogen-bond donors (Lipinski definition) is 3. The maximum Gasteiger partial charge on any atom is 0.416 e. The van der Waals surface area contributed by atoms with Crippen LogP contribution in [0.1, 0.15) is 5.56 Å². The Balaban J connectivity index is 0.00000385. The molecule has 1 radical (unpaired) electrons. The van der Waals surface area contributed by atoms with Crippen molar-refractivity contribution < 1.29 is 35.7 Å². The molecule has 0 aliphatic carbocycles. The zero-order chi connectivity index (χ0) is 23.5. The third kappa shape index (κ3) is 7.63. The Labute approximate surface area is 213 Å². The molecule has 3 aromatic carbocycles. The third-order valence-electron chi connectivity index (χ3n) is 3.98. The van der Waals surface area contributed by atoms with Crippen LogP contribution in [0.25, 0.3) is 0 Å². The van der Waals surface area contributed by atoms with Crippen molar-refractivity contribution in [2.24, 2.45) is 0 Å². The van der Waals surface area contributed by atoms with Crippen molar-refractivity contribution in [2.75, 3.05) is 10.6 Å². The monoisotopic (exact) mass is 509 g/mol. The van der Waals surface area contributed by atoms with Gasteiger partial charge in [-0.1, -0.05) is 17.7 Å². The molecule has 0 fully saturated rings. The summed E-state index contributed by atoms with van der Waals surface area (Å²) in [6.07, 6.45) is -4.60. The van der Waals surface area contributed by atoms with E-state index in [2.05, 4.69) is 10.6 Å². The maximum atomic E-state index is 12.8. The van der Waals surface area contributed by atoms with E-state index >= 15 is 0 Å². The van der Waals surface area contributed by atoms with Crippen molar-refractivity contribution in [3.8, 4) is 11.5 Å². The quantitative estimate of drug-likeness (QED) is 0.304. The van der Waals surface area contributed by atoms with Gasteiger partial charge in [0.2, 0.25) is 0 Å². The second-order valence-corrected chi connectivity index (χ2v) is 8.17. The molecule has 3 N–H and O–H groups in total. The molecule has 3 rings (SSSR count). The normalized spacial score (nSPS) is 11.3. The van der Waals surface area contributed by atoms with E-state index in [1.807, 2.05) is 0 Å². The number of hydrogen-bond acceptors (Lipinski definition) is 4. The van der Waals surface area contributed by atoms with E-state index in [1.54, 1.807) is 12.1 Å². The number of anilines is 2. The number of benzene rings is 3. The van der Waals surface area contributed by atoms with Gasteiger partial charge in [0.05, 0.1) is 11.3 Å². The van der Waals surface area contributed by atoms with Crippen molar-refractivity contribution in [1.29, 1.82) is 0 Å². The van der Waals surface area contributed by atoms with Crippen LogP contribution in [0.4, 0.5) is 29.3 Å². The fraction of sp³-hybridized carbons (Fsp3) is 0.0500. The number of rotatable bonds is 5. The third-order valence-corrected chi connectivity index (χ3v) is 5.12. The second kappa shape index (κ2) is 10.8. The molecule has 3 aromatic rings. The van der Waals surface area contributed by atoms with Gasteiger partial charge < -0.3 is 15.4 Å². The van der Waals surface area contributed by atoms with Crippen molar-refractivity contribution in [3.63, 3.8) is 0 Å². The van der Waals surface area contributed by atoms with Gasteiger partial charge in [-0.3, -0.25) is 4.55 Å². The van der Waals surface area contributed by atoms with Crippen LogP contribution in [0.5, 0.6) is 11.5 Å². The van der Waals surface area contributed by atoms with Gasteiger partial charge in [0.25, 0.3) is 10.1 Å². The molecule has 169 valence electrons. The zero-order valence-electron chi connectivity index (χ0n) is 16.9. The van der Waals surface area contributed by atoms with Gasteiger partial charge in [-0.05, 0) is 54.6 Å². The first-order valence-corrected chi connectivity index (χ1v) is 10.5. The topological polar surface area (TPSA) is 105 Å². The van der Waals surface area contributed by atoms with Gasteiger partial charge in [0.1, 0.15) is 16.4 Å². The van der Waals surface area contributed by atoms with Gasteiger partial charge in [0, 0.05) is 46.3 Å². The van der Waals surface area contributed by atoms with Crippen LogP contribution in [0, 0.1) is 0 Å². The van der Waals surface area contributed by atoms with Gasteiger partial charge in [0.15, 0.2) is 0 Å². The summed E-state index contributed by atoms with van der Waals surface area (Å²) in [5.41, 5.74) is -1.47. The Morgan fingerprint density at radius 1 is 0.939 bits per heavy atom. The molecular formula is C20H14ClF3N2NaO5S. The molecule has 2 amide bonds. The van der Waals surface area contributed by atoms with Crippen LogP contribution >= 0.6 is 11.6 Å². The minimum absolute atomic E-state index is 0. The Kier molecular flexibility index (Phi) is 8.80. The molecule has 0 heterocycles. The summed E-state index contributed by atoms with van der Waals surface area (Å²) in [6.45, 7) is 0. The number of carbonyl (C=O) groups is 1. The first kappa shape index (κ1) is 27.0. The minimum Gasteiger partial charge on any atom is -0.457 e. The van der Waals surface area contributed by atoms with Crippen LogP contribution in [0.15, 0.2) is 71.6 Å². The number of halogens is 4. The molecule has 0 aliphatic heterocycles. The molecule has 7 nitrogen and oxygen atoms in total. The van der Waals surface area contributed by atoms with Gasteiger partial charge in [-0.25, -0.2) is 4.79 Å². The fourth-order valence-corrected chi connectivity index (χ4v) is 3.37. The van der Waals surface area contributed by atoms with E-state index in [0.717, 1.165) is 24.3 Å². The van der Waals surface area contributed by atoms with Crippen LogP contribution in [-0.4, -0.2) is 48.6 Å². The Bertz CT molecular complexity index is 1260. The molecule has 0 saturated carbocycles. The van der Waals surface area contributed by atoms with E-state index < -0.39 is 32.8 Å². The van der Waals surface area contributed by atoms with E-state index in [0.29, 0.717) is 16.8 Å². The van der Waals surface area contributed by atoms with Crippen molar-refractivity contribution in [2.45, 2.75) is 11.1 Å². The summed E-state index contributed by atoms with van der Waals surface area (Å²) in [5, 5.41) is 4.81. The van der Waals surface area contributed by atoms with Crippen molar-refractivity contribution in [1.82, 2.24) is 0 Å². The number of carbonyl (C=O) groups excluding carboxylic acids is 1. The summed E-state index contributed by atoms with van der Waals surface area (Å²) in [5.74, 6) is 0.363. The summed E-state index contributed by atoms with van der Waals surface area (Å²) in [4.78, 5) is 11.5. The number of alkyl halides is 3. The largest absolute Gasteiger partial charge is 0.457 e. The molecule has 0 unspecified atom stereocenters. The average molecular weight is 510 g/mol. The van der Waals surface area contributed by atoms with E-state index in [1.165, 1.54) is 24.3 Å². The fourth-order valence-electron chi connectivity index (χ4n) is 2.58. The first-order valence-electron chi connectivity index (χ1n) is 8.72. The van der Waals surface area contributed by atoms with Gasteiger partial charge >= 0.3 is 12.2 Å². The molecule has 33 heavy (non-hydrogen) atoms. The SMILES string of the molecule is O=C(Nc1cccc(C(F)(F)F)c1)Nc1ccc(Oc2ccc(Cl)cc2)cc1S(=O)(=O)O.[Na]. The predicted octanol–water partition coefficient (Wildman–Crippen LogP) is 5.66. The zero-order valence-corrected chi connectivity index (χ0v) is 20.4. The van der Waals surface area contributed by atoms with Crippen molar-refractivity contribution in [3.05, 3.63) is 77.3 Å². The molecular weight excluding hydrogens is 496 g/mol. The molecule has 0 saturated heterocycles. The van der Waals surface area contributed by atoms with Crippen LogP contribution in [0.2, 0.25) is 5.02 Å². The van der Waals surface area contributed by atoms with Crippen LogP contribution in [0.3, 0.4) is 0 Å². The number of urea groups is 1. The number of amides is 2. The molecule has 0 atom stereocenters. The first-order chi connectivity index (χ1) is 14.9. The summed E-state index contributed by atoms with van der Waals surface area (Å²) < 4.78 is 77.0. The van der Waals surface area contributed by atoms with Crippen LogP contribution in [-0.2, 0) is 16.3 Å². The smallest absolute Gasteiger partial charge is 0.416 e. The van der Waals surface area contributed by atoms with E-state index in [9.17, 15) is 30.9 Å².